The fourth-order valence-electron chi connectivity index (χ4n) is 0.835. The van der Waals surface area contributed by atoms with E-state index in [0.29, 0.717) is 5.92 Å². The Morgan fingerprint density at radius 3 is 2.64 bits per heavy atom. The van der Waals surface area contributed by atoms with Crippen LogP contribution in [0.1, 0.15) is 25.2 Å². The number of rotatable bonds is 2. The van der Waals surface area contributed by atoms with Crippen LogP contribution in [0.5, 0.6) is 0 Å². The Morgan fingerprint density at radius 1 is 1.45 bits per heavy atom. The second-order valence-electron chi connectivity index (χ2n) is 3.07. The molecule has 0 unspecified atom stereocenters. The number of hydrogen-bond donors (Lipinski definition) is 0. The minimum atomic E-state index is 0.583. The van der Waals surface area contributed by atoms with Gasteiger partial charge in [0.25, 0.3) is 0 Å². The lowest BCUT2D eigenvalue weighted by atomic mass is 10.2. The molecule has 1 aromatic rings. The molecule has 0 radical (unpaired) electrons. The third-order valence-corrected chi connectivity index (χ3v) is 1.53. The molecule has 0 atom stereocenters. The first-order chi connectivity index (χ1) is 5.20. The summed E-state index contributed by atoms with van der Waals surface area (Å²) in [5, 5.41) is 0. The van der Waals surface area contributed by atoms with Crippen LogP contribution in [0.4, 0.5) is 0 Å². The summed E-state index contributed by atoms with van der Waals surface area (Å²) in [7, 11) is 0. The molecular formula is C10H14O. The third kappa shape index (κ3) is 2.26. The number of furan rings is 1. The Kier molecular flexibility index (Phi) is 2.53. The molecule has 1 aromatic heterocycles. The molecular weight excluding hydrogens is 136 g/mol. The maximum atomic E-state index is 5.23. The van der Waals surface area contributed by atoms with E-state index in [1.54, 1.807) is 6.26 Å². The Bertz CT molecular complexity index is 243. The van der Waals surface area contributed by atoms with Crippen molar-refractivity contribution in [3.8, 4) is 0 Å². The van der Waals surface area contributed by atoms with Crippen LogP contribution in [0, 0.1) is 12.8 Å². The molecule has 0 aliphatic rings. The van der Waals surface area contributed by atoms with E-state index in [9.17, 15) is 0 Å². The first kappa shape index (κ1) is 8.12. The summed E-state index contributed by atoms with van der Waals surface area (Å²) < 4.78 is 5.23. The predicted molar refractivity (Wildman–Crippen MR) is 47.3 cm³/mol. The van der Waals surface area contributed by atoms with Crippen LogP contribution in [0.3, 0.4) is 0 Å². The van der Waals surface area contributed by atoms with Gasteiger partial charge in [-0.3, -0.25) is 0 Å². The second kappa shape index (κ2) is 3.42. The van der Waals surface area contributed by atoms with Crippen molar-refractivity contribution in [1.29, 1.82) is 0 Å². The van der Waals surface area contributed by atoms with Gasteiger partial charge in [0.05, 0.1) is 6.26 Å². The highest BCUT2D eigenvalue weighted by atomic mass is 16.3. The summed E-state index contributed by atoms with van der Waals surface area (Å²) >= 11 is 0. The number of hydrogen-bond acceptors (Lipinski definition) is 1. The Balaban J connectivity index is 2.71. The van der Waals surface area contributed by atoms with Crippen LogP contribution in [0.25, 0.3) is 6.08 Å². The van der Waals surface area contributed by atoms with Crippen molar-refractivity contribution in [3.05, 3.63) is 29.7 Å². The Hall–Kier alpha value is -0.980. The van der Waals surface area contributed by atoms with Gasteiger partial charge in [0.2, 0.25) is 0 Å². The molecule has 0 fully saturated rings. The molecule has 1 nitrogen and oxygen atoms in total. The van der Waals surface area contributed by atoms with Crippen molar-refractivity contribution in [1.82, 2.24) is 0 Å². The van der Waals surface area contributed by atoms with Gasteiger partial charge >= 0.3 is 0 Å². The molecule has 0 spiro atoms. The molecule has 0 saturated carbocycles. The third-order valence-electron chi connectivity index (χ3n) is 1.53. The molecule has 11 heavy (non-hydrogen) atoms. The first-order valence-electron chi connectivity index (χ1n) is 3.92. The molecule has 0 bridgehead atoms. The zero-order valence-corrected chi connectivity index (χ0v) is 7.29. The van der Waals surface area contributed by atoms with Crippen LogP contribution >= 0.6 is 0 Å². The van der Waals surface area contributed by atoms with E-state index in [1.807, 2.05) is 19.1 Å². The second-order valence-corrected chi connectivity index (χ2v) is 3.07. The molecule has 0 aliphatic heterocycles. The predicted octanol–water partition coefficient (Wildman–Crippen LogP) is 3.26. The van der Waals surface area contributed by atoms with Gasteiger partial charge in [0.15, 0.2) is 0 Å². The van der Waals surface area contributed by atoms with Gasteiger partial charge in [-0.25, -0.2) is 0 Å². The summed E-state index contributed by atoms with van der Waals surface area (Å²) in [6.07, 6.45) is 5.88. The normalized spacial score (nSPS) is 11.6. The highest BCUT2D eigenvalue weighted by molar-refractivity contribution is 5.46. The van der Waals surface area contributed by atoms with Gasteiger partial charge < -0.3 is 4.42 Å². The van der Waals surface area contributed by atoms with E-state index in [-0.39, 0.29) is 0 Å². The lowest BCUT2D eigenvalue weighted by Gasteiger charge is -1.92. The van der Waals surface area contributed by atoms with Gasteiger partial charge in [-0.15, -0.1) is 0 Å². The Morgan fingerprint density at radius 2 is 2.18 bits per heavy atom. The van der Waals surface area contributed by atoms with Crippen LogP contribution in [0.15, 0.2) is 22.8 Å². The van der Waals surface area contributed by atoms with E-state index in [4.69, 9.17) is 4.42 Å². The van der Waals surface area contributed by atoms with Crippen molar-refractivity contribution in [3.63, 3.8) is 0 Å². The Labute approximate surface area is 67.7 Å². The maximum Gasteiger partial charge on any atom is 0.129 e. The van der Waals surface area contributed by atoms with Crippen molar-refractivity contribution >= 4 is 6.08 Å². The van der Waals surface area contributed by atoms with E-state index < -0.39 is 0 Å². The molecule has 0 aromatic carbocycles. The molecule has 0 aliphatic carbocycles. The monoisotopic (exact) mass is 150 g/mol. The lowest BCUT2D eigenvalue weighted by molar-refractivity contribution is 0.554. The largest absolute Gasteiger partial charge is 0.465 e. The van der Waals surface area contributed by atoms with E-state index in [1.165, 1.54) is 5.56 Å². The van der Waals surface area contributed by atoms with Crippen LogP contribution in [-0.2, 0) is 0 Å². The SMILES string of the molecule is Cc1ccoc1/C=C/C(C)C. The molecule has 0 N–H and O–H groups in total. The van der Waals surface area contributed by atoms with Crippen LogP contribution < -0.4 is 0 Å². The van der Waals surface area contributed by atoms with Gasteiger partial charge in [-0.2, -0.15) is 0 Å². The highest BCUT2D eigenvalue weighted by Crippen LogP contribution is 2.11. The fraction of sp³-hybridized carbons (Fsp3) is 0.400. The standard InChI is InChI=1S/C10H14O/c1-8(2)4-5-10-9(3)6-7-11-10/h4-8H,1-3H3/b5-4+. The lowest BCUT2D eigenvalue weighted by Crippen LogP contribution is -1.77. The summed E-state index contributed by atoms with van der Waals surface area (Å²) in [6, 6.07) is 1.97. The minimum Gasteiger partial charge on any atom is -0.465 e. The fourth-order valence-corrected chi connectivity index (χ4v) is 0.835. The average Bonchev–Trinajstić information content (AvgIpc) is 2.31. The van der Waals surface area contributed by atoms with Crippen molar-refractivity contribution in [2.75, 3.05) is 0 Å². The summed E-state index contributed by atoms with van der Waals surface area (Å²) in [5.74, 6) is 1.55. The first-order valence-corrected chi connectivity index (χ1v) is 3.92. The minimum absolute atomic E-state index is 0.583. The summed E-state index contributed by atoms with van der Waals surface area (Å²) in [5.41, 5.74) is 1.20. The van der Waals surface area contributed by atoms with Crippen molar-refractivity contribution in [2.24, 2.45) is 5.92 Å². The molecule has 0 saturated heterocycles. The molecule has 60 valence electrons. The van der Waals surface area contributed by atoms with E-state index >= 15 is 0 Å². The van der Waals surface area contributed by atoms with E-state index in [2.05, 4.69) is 19.9 Å². The van der Waals surface area contributed by atoms with Crippen molar-refractivity contribution in [2.45, 2.75) is 20.8 Å². The zero-order chi connectivity index (χ0) is 8.27. The smallest absolute Gasteiger partial charge is 0.129 e. The molecule has 1 heteroatoms. The zero-order valence-electron chi connectivity index (χ0n) is 7.29. The molecule has 0 amide bonds. The number of allylic oxidation sites excluding steroid dienone is 1. The average molecular weight is 150 g/mol. The maximum absolute atomic E-state index is 5.23. The topological polar surface area (TPSA) is 13.1 Å². The van der Waals surface area contributed by atoms with Gasteiger partial charge in [0.1, 0.15) is 5.76 Å². The van der Waals surface area contributed by atoms with Crippen LogP contribution in [-0.4, -0.2) is 0 Å². The van der Waals surface area contributed by atoms with Gasteiger partial charge in [-0.1, -0.05) is 19.9 Å². The summed E-state index contributed by atoms with van der Waals surface area (Å²) in [6.45, 7) is 6.34. The molecule has 1 heterocycles. The highest BCUT2D eigenvalue weighted by Gasteiger charge is 1.95. The molecule has 1 rings (SSSR count). The van der Waals surface area contributed by atoms with Gasteiger partial charge in [-0.05, 0) is 30.5 Å². The quantitative estimate of drug-likeness (QED) is 0.630. The van der Waals surface area contributed by atoms with Crippen molar-refractivity contribution < 1.29 is 4.42 Å². The summed E-state index contributed by atoms with van der Waals surface area (Å²) in [4.78, 5) is 0. The van der Waals surface area contributed by atoms with Gasteiger partial charge in [0, 0.05) is 0 Å². The van der Waals surface area contributed by atoms with Crippen LogP contribution in [0.2, 0.25) is 0 Å². The number of aryl methyl sites for hydroxylation is 1. The van der Waals surface area contributed by atoms with E-state index in [0.717, 1.165) is 5.76 Å².